The second-order valence-electron chi connectivity index (χ2n) is 11.4. The van der Waals surface area contributed by atoms with Gasteiger partial charge in [-0.05, 0) is 43.4 Å². The van der Waals surface area contributed by atoms with Gasteiger partial charge in [0.25, 0.3) is 0 Å². The number of thioether (sulfide) groups is 1. The van der Waals surface area contributed by atoms with Gasteiger partial charge in [0.15, 0.2) is 0 Å². The lowest BCUT2D eigenvalue weighted by atomic mass is 9.78. The summed E-state index contributed by atoms with van der Waals surface area (Å²) >= 11 is 1.63. The van der Waals surface area contributed by atoms with Gasteiger partial charge in [0.2, 0.25) is 0 Å². The summed E-state index contributed by atoms with van der Waals surface area (Å²) in [5.41, 5.74) is -0.652. The zero-order valence-electron chi connectivity index (χ0n) is 20.7. The second kappa shape index (κ2) is 11.4. The zero-order valence-corrected chi connectivity index (χ0v) is 21.5. The summed E-state index contributed by atoms with van der Waals surface area (Å²) in [6, 6.07) is 0.00951. The van der Waals surface area contributed by atoms with E-state index in [0.717, 1.165) is 42.9 Å². The number of rotatable bonds is 11. The van der Waals surface area contributed by atoms with Crippen LogP contribution in [-0.2, 0) is 14.3 Å². The van der Waals surface area contributed by atoms with Gasteiger partial charge < -0.3 is 14.9 Å². The van der Waals surface area contributed by atoms with Crippen LogP contribution in [0.25, 0.3) is 0 Å². The Balaban J connectivity index is 1.94. The Morgan fingerprint density at radius 2 is 1.78 bits per heavy atom. The van der Waals surface area contributed by atoms with E-state index in [1.54, 1.807) is 11.8 Å². The highest BCUT2D eigenvalue weighted by molar-refractivity contribution is 8.14. The first-order valence-electron chi connectivity index (χ1n) is 12.1. The van der Waals surface area contributed by atoms with Gasteiger partial charge in [-0.2, -0.15) is 0 Å². The summed E-state index contributed by atoms with van der Waals surface area (Å²) in [6.07, 6.45) is 5.30. The topological polar surface area (TPSA) is 96.2 Å². The van der Waals surface area contributed by atoms with Gasteiger partial charge in [-0.3, -0.25) is 14.6 Å². The van der Waals surface area contributed by atoms with Crippen LogP contribution < -0.4 is 0 Å². The summed E-state index contributed by atoms with van der Waals surface area (Å²) in [6.45, 7) is 12.4. The standard InChI is InChI=1S/C25H43NO5S/c1-16(14-20(24(2,3)4)31-22(30)17-9-7-8-10-17)13-19(27)25(5,6)23-26-18(15-32-23)11-12-21(28)29/h16-20,27H,7-15H2,1-6H3,(H,28,29)/t16-,18-,19-,20-/m0/s1. The number of nitrogens with zero attached hydrogens (tertiary/aromatic N) is 1. The van der Waals surface area contributed by atoms with Gasteiger partial charge in [-0.1, -0.05) is 54.4 Å². The first-order valence-corrected chi connectivity index (χ1v) is 13.1. The average Bonchev–Trinajstić information content (AvgIpc) is 3.37. The van der Waals surface area contributed by atoms with Crippen LogP contribution in [-0.4, -0.2) is 51.2 Å². The van der Waals surface area contributed by atoms with E-state index in [-0.39, 0.29) is 41.8 Å². The summed E-state index contributed by atoms with van der Waals surface area (Å²) in [5, 5.41) is 20.9. The number of ether oxygens (including phenoxy) is 1. The van der Waals surface area contributed by atoms with Crippen LogP contribution in [0.5, 0.6) is 0 Å². The average molecular weight is 470 g/mol. The number of carboxylic acids is 1. The predicted octanol–water partition coefficient (Wildman–Crippen LogP) is 5.32. The molecule has 7 heteroatoms. The fraction of sp³-hybridized carbons (Fsp3) is 0.880. The van der Waals surface area contributed by atoms with Crippen LogP contribution in [0.4, 0.5) is 0 Å². The number of aliphatic carboxylic acids is 1. The molecule has 4 atom stereocenters. The Labute approximate surface area is 198 Å². The molecule has 1 heterocycles. The maximum absolute atomic E-state index is 12.6. The fourth-order valence-corrected chi connectivity index (χ4v) is 5.79. The number of carboxylic acid groups (broad SMARTS) is 1. The van der Waals surface area contributed by atoms with E-state index in [9.17, 15) is 14.7 Å². The Kier molecular flexibility index (Phi) is 9.65. The molecule has 32 heavy (non-hydrogen) atoms. The Bertz CT molecular complexity index is 678. The molecule has 0 unspecified atom stereocenters. The monoisotopic (exact) mass is 469 g/mol. The molecule has 0 aromatic rings. The van der Waals surface area contributed by atoms with Gasteiger partial charge in [-0.15, -0.1) is 11.8 Å². The summed E-state index contributed by atoms with van der Waals surface area (Å²) in [7, 11) is 0. The molecule has 0 aromatic carbocycles. The van der Waals surface area contributed by atoms with Crippen LogP contribution in [0, 0.1) is 22.7 Å². The van der Waals surface area contributed by atoms with E-state index >= 15 is 0 Å². The SMILES string of the molecule is C[C@H](C[C@H](OC(=O)C1CCCC1)C(C)(C)C)C[C@H](O)C(C)(C)C1=N[C@@H](CCC(=O)O)CS1. The Morgan fingerprint density at radius 3 is 2.34 bits per heavy atom. The van der Waals surface area contributed by atoms with E-state index in [4.69, 9.17) is 14.8 Å². The highest BCUT2D eigenvalue weighted by Crippen LogP contribution is 2.39. The minimum atomic E-state index is -0.797. The molecule has 0 radical (unpaired) electrons. The highest BCUT2D eigenvalue weighted by atomic mass is 32.2. The number of hydrogen-bond acceptors (Lipinski definition) is 6. The number of hydrogen-bond donors (Lipinski definition) is 2. The molecule has 1 aliphatic carbocycles. The van der Waals surface area contributed by atoms with Crippen LogP contribution >= 0.6 is 11.8 Å². The van der Waals surface area contributed by atoms with E-state index in [1.165, 1.54) is 0 Å². The number of esters is 1. The van der Waals surface area contributed by atoms with E-state index in [1.807, 2.05) is 13.8 Å². The summed E-state index contributed by atoms with van der Waals surface area (Å²) < 4.78 is 6.00. The predicted molar refractivity (Wildman–Crippen MR) is 130 cm³/mol. The molecule has 1 aliphatic heterocycles. The normalized spacial score (nSPS) is 23.0. The minimum Gasteiger partial charge on any atom is -0.481 e. The molecular weight excluding hydrogens is 426 g/mol. The molecule has 0 aromatic heterocycles. The summed E-state index contributed by atoms with van der Waals surface area (Å²) in [5.74, 6) is 0.150. The second-order valence-corrected chi connectivity index (χ2v) is 12.4. The van der Waals surface area contributed by atoms with Crippen molar-refractivity contribution in [2.45, 2.75) is 111 Å². The number of carbonyl (C=O) groups excluding carboxylic acids is 1. The van der Waals surface area contributed by atoms with Crippen molar-refractivity contribution in [3.63, 3.8) is 0 Å². The first kappa shape index (κ1) is 27.2. The lowest BCUT2D eigenvalue weighted by Gasteiger charge is -2.36. The van der Waals surface area contributed by atoms with Crippen molar-refractivity contribution >= 4 is 28.7 Å². The fourth-order valence-electron chi connectivity index (χ4n) is 4.46. The van der Waals surface area contributed by atoms with E-state index < -0.39 is 17.5 Å². The van der Waals surface area contributed by atoms with Gasteiger partial charge in [0, 0.05) is 17.6 Å². The molecule has 2 N–H and O–H groups in total. The third-order valence-corrected chi connectivity index (χ3v) is 8.40. The molecule has 184 valence electrons. The Hall–Kier alpha value is -1.08. The third-order valence-electron chi connectivity index (χ3n) is 6.94. The van der Waals surface area contributed by atoms with Gasteiger partial charge in [0.1, 0.15) is 6.10 Å². The molecule has 0 spiro atoms. The smallest absolute Gasteiger partial charge is 0.309 e. The number of aliphatic hydroxyl groups excluding tert-OH is 1. The van der Waals surface area contributed by atoms with E-state index in [2.05, 4.69) is 27.7 Å². The lowest BCUT2D eigenvalue weighted by Crippen LogP contribution is -2.38. The van der Waals surface area contributed by atoms with Crippen molar-refractivity contribution in [1.82, 2.24) is 0 Å². The van der Waals surface area contributed by atoms with Crippen molar-refractivity contribution in [2.75, 3.05) is 5.75 Å². The lowest BCUT2D eigenvalue weighted by molar-refractivity contribution is -0.161. The zero-order chi connectivity index (χ0) is 24.1. The van der Waals surface area contributed by atoms with Crippen molar-refractivity contribution in [3.8, 4) is 0 Å². The Morgan fingerprint density at radius 1 is 1.16 bits per heavy atom. The maximum Gasteiger partial charge on any atom is 0.309 e. The van der Waals surface area contributed by atoms with Gasteiger partial charge in [0.05, 0.1) is 23.1 Å². The molecular formula is C25H43NO5S. The van der Waals surface area contributed by atoms with Crippen molar-refractivity contribution < 1.29 is 24.5 Å². The quantitative estimate of drug-likeness (QED) is 0.398. The molecule has 0 amide bonds. The molecule has 1 saturated carbocycles. The first-order chi connectivity index (χ1) is 14.8. The van der Waals surface area contributed by atoms with Crippen LogP contribution in [0.3, 0.4) is 0 Å². The van der Waals surface area contributed by atoms with E-state index in [0.29, 0.717) is 12.8 Å². The van der Waals surface area contributed by atoms with Crippen molar-refractivity contribution in [1.29, 1.82) is 0 Å². The molecule has 2 aliphatic rings. The van der Waals surface area contributed by atoms with Crippen LogP contribution in [0.15, 0.2) is 4.99 Å². The van der Waals surface area contributed by atoms with Crippen LogP contribution in [0.2, 0.25) is 0 Å². The number of carbonyl (C=O) groups is 2. The minimum absolute atomic E-state index is 0.00951. The molecule has 2 rings (SSSR count). The number of aliphatic hydroxyl groups is 1. The van der Waals surface area contributed by atoms with Crippen LogP contribution in [0.1, 0.15) is 92.9 Å². The molecule has 0 bridgehead atoms. The molecule has 0 saturated heterocycles. The molecule has 1 fully saturated rings. The van der Waals surface area contributed by atoms with Gasteiger partial charge >= 0.3 is 11.9 Å². The van der Waals surface area contributed by atoms with Crippen molar-refractivity contribution in [3.05, 3.63) is 0 Å². The van der Waals surface area contributed by atoms with Gasteiger partial charge in [-0.25, -0.2) is 0 Å². The third kappa shape index (κ3) is 7.75. The largest absolute Gasteiger partial charge is 0.481 e. The molecule has 6 nitrogen and oxygen atoms in total. The summed E-state index contributed by atoms with van der Waals surface area (Å²) in [4.78, 5) is 28.2. The maximum atomic E-state index is 12.6. The highest BCUT2D eigenvalue weighted by Gasteiger charge is 2.39. The van der Waals surface area contributed by atoms with Crippen molar-refractivity contribution in [2.24, 2.45) is 27.7 Å². The number of aliphatic imine (C=N–C) groups is 1.